The lowest BCUT2D eigenvalue weighted by molar-refractivity contribution is -0.145. The first-order valence-corrected chi connectivity index (χ1v) is 10.7. The van der Waals surface area contributed by atoms with Gasteiger partial charge in [0.05, 0.1) is 12.2 Å². The highest BCUT2D eigenvalue weighted by Gasteiger charge is 2.37. The molecule has 0 aromatic heterocycles. The Morgan fingerprint density at radius 2 is 2.00 bits per heavy atom. The number of aliphatic hydroxyl groups is 1. The number of hydrogen-bond donors (Lipinski definition) is 1. The molecule has 0 bridgehead atoms. The van der Waals surface area contributed by atoms with E-state index < -0.39 is 24.1 Å². The molecule has 1 aliphatic heterocycles. The molecule has 1 aliphatic carbocycles. The van der Waals surface area contributed by atoms with Gasteiger partial charge in [-0.2, -0.15) is 0 Å². The molecule has 0 unspecified atom stereocenters. The predicted octanol–water partition coefficient (Wildman–Crippen LogP) is 4.23. The van der Waals surface area contributed by atoms with Gasteiger partial charge in [-0.25, -0.2) is 9.59 Å². The topological polar surface area (TPSA) is 72.8 Å². The zero-order chi connectivity index (χ0) is 21.3. The number of ether oxygens (including phenoxy) is 2. The van der Waals surface area contributed by atoms with Crippen molar-refractivity contribution in [2.24, 2.45) is 11.8 Å². The van der Waals surface area contributed by atoms with Crippen LogP contribution in [0.2, 0.25) is 0 Å². The summed E-state index contributed by atoms with van der Waals surface area (Å²) >= 11 is 0. The largest absolute Gasteiger partial charge is 0.460 e. The van der Waals surface area contributed by atoms with Gasteiger partial charge in [-0.1, -0.05) is 42.5 Å². The highest BCUT2D eigenvalue weighted by atomic mass is 16.5. The number of aliphatic hydroxyl groups excluding tert-OH is 1. The number of fused-ring (bicyclic) bond motifs is 1. The zero-order valence-corrected chi connectivity index (χ0v) is 17.4. The first-order chi connectivity index (χ1) is 14.5. The van der Waals surface area contributed by atoms with Gasteiger partial charge in [-0.3, -0.25) is 0 Å². The summed E-state index contributed by atoms with van der Waals surface area (Å²) < 4.78 is 11.1. The maximum absolute atomic E-state index is 12.5. The third-order valence-electron chi connectivity index (χ3n) is 5.63. The minimum atomic E-state index is -0.617. The normalized spacial score (nSPS) is 31.1. The highest BCUT2D eigenvalue weighted by Crippen LogP contribution is 2.37. The van der Waals surface area contributed by atoms with Crippen molar-refractivity contribution in [2.75, 3.05) is 0 Å². The van der Waals surface area contributed by atoms with Crippen LogP contribution >= 0.6 is 0 Å². The number of benzene rings is 1. The number of esters is 2. The Hall–Kier alpha value is -2.66. The molecule has 1 N–H and O–H groups in total. The summed E-state index contributed by atoms with van der Waals surface area (Å²) in [5.74, 6) is -0.920. The van der Waals surface area contributed by atoms with Crippen LogP contribution in [0.5, 0.6) is 0 Å². The molecule has 0 radical (unpaired) electrons. The van der Waals surface area contributed by atoms with Crippen molar-refractivity contribution in [3.8, 4) is 0 Å². The smallest absolute Gasteiger partial charge is 0.331 e. The molecule has 160 valence electrons. The number of cyclic esters (lactones) is 1. The van der Waals surface area contributed by atoms with Crippen LogP contribution in [0.1, 0.15) is 44.6 Å². The van der Waals surface area contributed by atoms with Crippen molar-refractivity contribution in [2.45, 2.75) is 57.3 Å². The highest BCUT2D eigenvalue weighted by molar-refractivity contribution is 5.87. The van der Waals surface area contributed by atoms with E-state index in [-0.39, 0.29) is 17.9 Å². The van der Waals surface area contributed by atoms with Crippen LogP contribution in [0.3, 0.4) is 0 Å². The molecule has 0 amide bonds. The Bertz CT molecular complexity index is 795. The van der Waals surface area contributed by atoms with E-state index in [0.717, 1.165) is 24.8 Å². The van der Waals surface area contributed by atoms with Crippen LogP contribution in [-0.4, -0.2) is 35.4 Å². The van der Waals surface area contributed by atoms with Crippen LogP contribution in [0.25, 0.3) is 6.08 Å². The number of rotatable bonds is 3. The molecular weight excluding hydrogens is 380 g/mol. The molecule has 30 heavy (non-hydrogen) atoms. The second-order valence-electron chi connectivity index (χ2n) is 8.06. The Morgan fingerprint density at radius 1 is 1.20 bits per heavy atom. The second-order valence-corrected chi connectivity index (χ2v) is 8.06. The van der Waals surface area contributed by atoms with E-state index in [2.05, 4.69) is 12.2 Å². The van der Waals surface area contributed by atoms with E-state index in [4.69, 9.17) is 9.47 Å². The maximum Gasteiger partial charge on any atom is 0.331 e. The van der Waals surface area contributed by atoms with Gasteiger partial charge in [-0.05, 0) is 62.7 Å². The fourth-order valence-corrected chi connectivity index (χ4v) is 4.11. The van der Waals surface area contributed by atoms with Crippen molar-refractivity contribution in [3.05, 3.63) is 66.3 Å². The molecule has 1 saturated carbocycles. The number of carbonyl (C=O) groups excluding carboxylic acids is 2. The van der Waals surface area contributed by atoms with Crippen LogP contribution in [-0.2, 0) is 19.1 Å². The van der Waals surface area contributed by atoms with Gasteiger partial charge in [0.1, 0.15) is 6.10 Å². The lowest BCUT2D eigenvalue weighted by Crippen LogP contribution is -2.27. The summed E-state index contributed by atoms with van der Waals surface area (Å²) in [6.45, 7) is 1.88. The van der Waals surface area contributed by atoms with E-state index in [0.29, 0.717) is 12.8 Å². The minimum Gasteiger partial charge on any atom is -0.460 e. The first-order valence-electron chi connectivity index (χ1n) is 10.7. The van der Waals surface area contributed by atoms with E-state index in [1.165, 1.54) is 12.2 Å². The summed E-state index contributed by atoms with van der Waals surface area (Å²) in [4.78, 5) is 24.6. The van der Waals surface area contributed by atoms with E-state index in [1.807, 2.05) is 37.3 Å². The van der Waals surface area contributed by atoms with E-state index >= 15 is 0 Å². The molecule has 1 fully saturated rings. The molecule has 1 aromatic carbocycles. The van der Waals surface area contributed by atoms with Gasteiger partial charge in [0.15, 0.2) is 0 Å². The van der Waals surface area contributed by atoms with Gasteiger partial charge in [0.25, 0.3) is 0 Å². The van der Waals surface area contributed by atoms with Crippen molar-refractivity contribution in [1.82, 2.24) is 0 Å². The van der Waals surface area contributed by atoms with Crippen molar-refractivity contribution in [3.63, 3.8) is 0 Å². The third-order valence-corrected chi connectivity index (χ3v) is 5.63. The molecule has 1 heterocycles. The fraction of sp³-hybridized carbons (Fsp3) is 0.440. The standard InChI is InChI=1S/C25H30O5/c1-18-8-4-2-7-11-20-16-21(26)17-22(20)23(13-15-24(27)29-18)30-25(28)14-12-19-9-5-3-6-10-19/h3,5-7,9-15,18,20-23,26H,2,4,8,16-17H2,1H3/b11-7+,14-12+,15-13?/t18-,20+,21-,22+,23+/m0/s1. The summed E-state index contributed by atoms with van der Waals surface area (Å²) in [5, 5.41) is 10.2. The molecule has 0 spiro atoms. The van der Waals surface area contributed by atoms with Gasteiger partial charge in [-0.15, -0.1) is 0 Å². The Morgan fingerprint density at radius 3 is 2.80 bits per heavy atom. The van der Waals surface area contributed by atoms with Gasteiger partial charge in [0.2, 0.25) is 0 Å². The van der Waals surface area contributed by atoms with Gasteiger partial charge < -0.3 is 14.6 Å². The lowest BCUT2D eigenvalue weighted by atomic mass is 9.89. The quantitative estimate of drug-likeness (QED) is 0.459. The number of allylic oxidation sites excluding steroid dienone is 2. The molecule has 2 aliphatic rings. The lowest BCUT2D eigenvalue weighted by Gasteiger charge is -2.24. The fourth-order valence-electron chi connectivity index (χ4n) is 4.11. The second kappa shape index (κ2) is 10.9. The molecular formula is C25H30O5. The zero-order valence-electron chi connectivity index (χ0n) is 17.4. The Kier molecular flexibility index (Phi) is 8.03. The Labute approximate surface area is 178 Å². The SMILES string of the molecule is C[C@H]1CCC/C=C/[C@@H]2C[C@H](O)C[C@H]2[C@H](OC(=O)/C=C/c2ccccc2)C=CC(=O)O1. The predicted molar refractivity (Wildman–Crippen MR) is 115 cm³/mol. The third kappa shape index (κ3) is 6.70. The molecule has 5 heteroatoms. The summed E-state index contributed by atoms with van der Waals surface area (Å²) in [5.41, 5.74) is 0.898. The molecule has 3 rings (SSSR count). The first kappa shape index (κ1) is 22.0. The van der Waals surface area contributed by atoms with Crippen molar-refractivity contribution in [1.29, 1.82) is 0 Å². The van der Waals surface area contributed by atoms with Crippen LogP contribution in [0, 0.1) is 11.8 Å². The summed E-state index contributed by atoms with van der Waals surface area (Å²) in [7, 11) is 0. The number of hydrogen-bond acceptors (Lipinski definition) is 5. The molecule has 5 atom stereocenters. The minimum absolute atomic E-state index is 0.0902. The van der Waals surface area contributed by atoms with Gasteiger partial charge in [0, 0.05) is 18.1 Å². The summed E-state index contributed by atoms with van der Waals surface area (Å²) in [6, 6.07) is 9.49. The monoisotopic (exact) mass is 410 g/mol. The number of carbonyl (C=O) groups is 2. The average molecular weight is 411 g/mol. The summed E-state index contributed by atoms with van der Waals surface area (Å²) in [6.07, 6.45) is 12.8. The maximum atomic E-state index is 12.5. The molecule has 5 nitrogen and oxygen atoms in total. The molecule has 0 saturated heterocycles. The van der Waals surface area contributed by atoms with E-state index in [9.17, 15) is 14.7 Å². The average Bonchev–Trinajstić information content (AvgIpc) is 3.10. The van der Waals surface area contributed by atoms with Crippen molar-refractivity contribution >= 4 is 18.0 Å². The molecule has 1 aromatic rings. The van der Waals surface area contributed by atoms with Crippen molar-refractivity contribution < 1.29 is 24.2 Å². The van der Waals surface area contributed by atoms with Crippen LogP contribution in [0.15, 0.2) is 60.7 Å². The van der Waals surface area contributed by atoms with Crippen LogP contribution in [0.4, 0.5) is 0 Å². The van der Waals surface area contributed by atoms with Gasteiger partial charge >= 0.3 is 11.9 Å². The van der Waals surface area contributed by atoms with E-state index in [1.54, 1.807) is 12.2 Å². The Balaban J connectivity index is 1.77. The van der Waals surface area contributed by atoms with Crippen LogP contribution < -0.4 is 0 Å².